The smallest absolute Gasteiger partial charge is 0.231 e. The van der Waals surface area contributed by atoms with Gasteiger partial charge in [0.2, 0.25) is 5.91 Å². The van der Waals surface area contributed by atoms with E-state index >= 15 is 0 Å². The second-order valence-corrected chi connectivity index (χ2v) is 5.92. The van der Waals surface area contributed by atoms with Crippen molar-refractivity contribution in [1.82, 2.24) is 0 Å². The second-order valence-electron chi connectivity index (χ2n) is 5.04. The van der Waals surface area contributed by atoms with Crippen LogP contribution in [0.25, 0.3) is 0 Å². The van der Waals surface area contributed by atoms with Gasteiger partial charge in [-0.2, -0.15) is 0 Å². The molecule has 5 nitrogen and oxygen atoms in total. The summed E-state index contributed by atoms with van der Waals surface area (Å²) < 4.78 is 5.47. The SMILES string of the molecule is CSc1cccc(NC(=O)[C@H]2[C@@H](C(=O)[O-])[C@@H]3C=C[C@H]2O3)c1. The van der Waals surface area contributed by atoms with Gasteiger partial charge in [-0.3, -0.25) is 4.79 Å². The molecule has 1 aromatic carbocycles. The van der Waals surface area contributed by atoms with Crippen LogP contribution in [-0.4, -0.2) is 30.3 Å². The van der Waals surface area contributed by atoms with Gasteiger partial charge >= 0.3 is 0 Å². The molecule has 0 unspecified atom stereocenters. The van der Waals surface area contributed by atoms with Crippen LogP contribution in [-0.2, 0) is 14.3 Å². The van der Waals surface area contributed by atoms with Crippen LogP contribution in [0.4, 0.5) is 5.69 Å². The first-order chi connectivity index (χ1) is 10.1. The van der Waals surface area contributed by atoms with Crippen molar-refractivity contribution >= 4 is 29.3 Å². The molecule has 2 aliphatic rings. The van der Waals surface area contributed by atoms with Crippen LogP contribution in [0, 0.1) is 11.8 Å². The molecule has 1 amide bonds. The van der Waals surface area contributed by atoms with E-state index in [0.29, 0.717) is 5.69 Å². The first kappa shape index (κ1) is 14.2. The summed E-state index contributed by atoms with van der Waals surface area (Å²) in [7, 11) is 0. The lowest BCUT2D eigenvalue weighted by atomic mass is 9.82. The first-order valence-electron chi connectivity index (χ1n) is 6.59. The predicted molar refractivity (Wildman–Crippen MR) is 76.6 cm³/mol. The molecule has 0 saturated carbocycles. The zero-order chi connectivity index (χ0) is 15.0. The summed E-state index contributed by atoms with van der Waals surface area (Å²) >= 11 is 1.57. The topological polar surface area (TPSA) is 78.5 Å². The Morgan fingerprint density at radius 1 is 1.24 bits per heavy atom. The normalized spacial score (nSPS) is 29.6. The molecule has 0 aromatic heterocycles. The number of carbonyl (C=O) groups excluding carboxylic acids is 2. The van der Waals surface area contributed by atoms with Crippen molar-refractivity contribution in [3.63, 3.8) is 0 Å². The van der Waals surface area contributed by atoms with Gasteiger partial charge in [0.25, 0.3) is 0 Å². The summed E-state index contributed by atoms with van der Waals surface area (Å²) in [6, 6.07) is 7.40. The average molecular weight is 304 g/mol. The van der Waals surface area contributed by atoms with Crippen LogP contribution >= 0.6 is 11.8 Å². The molecule has 21 heavy (non-hydrogen) atoms. The van der Waals surface area contributed by atoms with E-state index in [1.165, 1.54) is 0 Å². The van der Waals surface area contributed by atoms with Gasteiger partial charge in [-0.1, -0.05) is 18.2 Å². The van der Waals surface area contributed by atoms with E-state index < -0.39 is 30.0 Å². The standard InChI is InChI=1S/C15H15NO4S/c1-21-9-4-2-3-8(7-9)16-14(17)12-10-5-6-11(20-10)13(12)15(18)19/h2-7,10-13H,1H3,(H,16,17)(H,18,19)/p-1/t10-,11+,12-,13+/m1/s1. The number of amides is 1. The third-order valence-corrected chi connectivity index (χ3v) is 4.54. The first-order valence-corrected chi connectivity index (χ1v) is 7.82. The lowest BCUT2D eigenvalue weighted by molar-refractivity contribution is -0.313. The number of benzene rings is 1. The zero-order valence-electron chi connectivity index (χ0n) is 11.3. The fraction of sp³-hybridized carbons (Fsp3) is 0.333. The number of nitrogens with one attached hydrogen (secondary N) is 1. The highest BCUT2D eigenvalue weighted by Gasteiger charge is 2.50. The number of carboxylic acids is 1. The van der Waals surface area contributed by atoms with E-state index in [1.54, 1.807) is 30.0 Å². The van der Waals surface area contributed by atoms with Crippen LogP contribution in [0.15, 0.2) is 41.3 Å². The fourth-order valence-electron chi connectivity index (χ4n) is 2.83. The highest BCUT2D eigenvalue weighted by Crippen LogP contribution is 2.39. The number of carboxylic acid groups (broad SMARTS) is 1. The molecule has 0 aliphatic carbocycles. The van der Waals surface area contributed by atoms with Crippen molar-refractivity contribution in [3.05, 3.63) is 36.4 Å². The van der Waals surface area contributed by atoms with Crippen molar-refractivity contribution in [1.29, 1.82) is 0 Å². The molecule has 1 aromatic rings. The van der Waals surface area contributed by atoms with Crippen molar-refractivity contribution in [2.24, 2.45) is 11.8 Å². The van der Waals surface area contributed by atoms with Crippen LogP contribution in [0.3, 0.4) is 0 Å². The summed E-state index contributed by atoms with van der Waals surface area (Å²) in [4.78, 5) is 24.7. The maximum Gasteiger partial charge on any atom is 0.231 e. The second kappa shape index (κ2) is 5.54. The molecule has 1 fully saturated rings. The van der Waals surface area contributed by atoms with Crippen LogP contribution in [0.2, 0.25) is 0 Å². The number of carbonyl (C=O) groups is 2. The third-order valence-electron chi connectivity index (χ3n) is 3.81. The highest BCUT2D eigenvalue weighted by atomic mass is 32.2. The number of fused-ring (bicyclic) bond motifs is 2. The lowest BCUT2D eigenvalue weighted by Crippen LogP contribution is -2.45. The van der Waals surface area contributed by atoms with E-state index in [4.69, 9.17) is 4.74 Å². The van der Waals surface area contributed by atoms with Gasteiger partial charge in [0, 0.05) is 22.5 Å². The van der Waals surface area contributed by atoms with Crippen LogP contribution in [0.5, 0.6) is 0 Å². The molecule has 6 heteroatoms. The highest BCUT2D eigenvalue weighted by molar-refractivity contribution is 7.98. The third kappa shape index (κ3) is 2.56. The molecule has 0 spiro atoms. The van der Waals surface area contributed by atoms with Gasteiger partial charge in [-0.15, -0.1) is 11.8 Å². The molecule has 0 radical (unpaired) electrons. The van der Waals surface area contributed by atoms with E-state index in [0.717, 1.165) is 4.90 Å². The Hall–Kier alpha value is -1.79. The molecule has 2 heterocycles. The van der Waals surface area contributed by atoms with Gasteiger partial charge in [-0.25, -0.2) is 0 Å². The van der Waals surface area contributed by atoms with Gasteiger partial charge in [0.1, 0.15) is 0 Å². The Balaban J connectivity index is 1.78. The van der Waals surface area contributed by atoms with Gasteiger partial charge in [-0.05, 0) is 24.5 Å². The Labute approximate surface area is 126 Å². The summed E-state index contributed by atoms with van der Waals surface area (Å²) in [5.74, 6) is -3.27. The lowest BCUT2D eigenvalue weighted by Gasteiger charge is -2.25. The minimum atomic E-state index is -1.25. The molecule has 4 atom stereocenters. The largest absolute Gasteiger partial charge is 0.550 e. The molecule has 110 valence electrons. The summed E-state index contributed by atoms with van der Waals surface area (Å²) in [6.07, 6.45) is 4.33. The Bertz CT molecular complexity index is 615. The van der Waals surface area contributed by atoms with Gasteiger partial charge in [0.05, 0.1) is 18.1 Å². The Morgan fingerprint density at radius 3 is 2.62 bits per heavy atom. The number of hydrogen-bond donors (Lipinski definition) is 1. The van der Waals surface area contributed by atoms with E-state index in [9.17, 15) is 14.7 Å². The predicted octanol–water partition coefficient (Wildman–Crippen LogP) is 0.666. The van der Waals surface area contributed by atoms with Gasteiger partial charge in [0.15, 0.2) is 0 Å². The molecule has 1 N–H and O–H groups in total. The number of anilines is 1. The van der Waals surface area contributed by atoms with E-state index in [-0.39, 0.29) is 5.91 Å². The monoisotopic (exact) mass is 304 g/mol. The number of aliphatic carboxylic acids is 1. The number of ether oxygens (including phenoxy) is 1. The average Bonchev–Trinajstić information content (AvgIpc) is 3.07. The quantitative estimate of drug-likeness (QED) is 0.653. The number of rotatable bonds is 4. The minimum Gasteiger partial charge on any atom is -0.550 e. The molecule has 2 aliphatic heterocycles. The van der Waals surface area contributed by atoms with Crippen molar-refractivity contribution < 1.29 is 19.4 Å². The molecule has 2 bridgehead atoms. The van der Waals surface area contributed by atoms with E-state index in [1.807, 2.05) is 24.5 Å². The van der Waals surface area contributed by atoms with Crippen molar-refractivity contribution in [2.75, 3.05) is 11.6 Å². The molecule has 1 saturated heterocycles. The maximum absolute atomic E-state index is 12.4. The Kier molecular flexibility index (Phi) is 3.73. The van der Waals surface area contributed by atoms with Crippen LogP contribution in [0.1, 0.15) is 0 Å². The molecular formula is C15H14NO4S-. The molecule has 3 rings (SSSR count). The summed E-state index contributed by atoms with van der Waals surface area (Å²) in [5.41, 5.74) is 0.649. The van der Waals surface area contributed by atoms with Crippen LogP contribution < -0.4 is 10.4 Å². The Morgan fingerprint density at radius 2 is 1.95 bits per heavy atom. The summed E-state index contributed by atoms with van der Waals surface area (Å²) in [5, 5.41) is 14.0. The van der Waals surface area contributed by atoms with Gasteiger partial charge < -0.3 is 20.0 Å². The summed E-state index contributed by atoms with van der Waals surface area (Å²) in [6.45, 7) is 0. The molecular weight excluding hydrogens is 290 g/mol. The zero-order valence-corrected chi connectivity index (χ0v) is 12.1. The maximum atomic E-state index is 12.4. The van der Waals surface area contributed by atoms with E-state index in [2.05, 4.69) is 5.32 Å². The number of thioether (sulfide) groups is 1. The van der Waals surface area contributed by atoms with Crippen molar-refractivity contribution in [3.8, 4) is 0 Å². The fourth-order valence-corrected chi connectivity index (χ4v) is 3.29. The van der Waals surface area contributed by atoms with Crippen molar-refractivity contribution in [2.45, 2.75) is 17.1 Å². The number of hydrogen-bond acceptors (Lipinski definition) is 5. The minimum absolute atomic E-state index is 0.348.